The van der Waals surface area contributed by atoms with Crippen molar-refractivity contribution in [2.45, 2.75) is 80.1 Å². The molecule has 0 aliphatic heterocycles. The molecule has 1 aromatic rings. The van der Waals surface area contributed by atoms with E-state index in [0.717, 1.165) is 50.5 Å². The van der Waals surface area contributed by atoms with Crippen LogP contribution in [-0.2, 0) is 18.5 Å². The van der Waals surface area contributed by atoms with Gasteiger partial charge in [-0.25, -0.2) is 3.63 Å². The van der Waals surface area contributed by atoms with Crippen LogP contribution in [0.1, 0.15) is 63.4 Å². The minimum absolute atomic E-state index is 0.195. The summed E-state index contributed by atoms with van der Waals surface area (Å²) in [6.07, 6.45) is 10.5. The summed E-state index contributed by atoms with van der Waals surface area (Å²) in [6, 6.07) is 6.78. The van der Waals surface area contributed by atoms with Gasteiger partial charge >= 0.3 is 10.1 Å². The summed E-state index contributed by atoms with van der Waals surface area (Å²) < 4.78 is 32.1. The van der Waals surface area contributed by atoms with Gasteiger partial charge in [0.05, 0.1) is 10.1 Å². The number of rotatable bonds is 5. The summed E-state index contributed by atoms with van der Waals surface area (Å²) in [5.74, 6) is 0.207. The first-order valence-corrected chi connectivity index (χ1v) is 13.1. The fourth-order valence-electron chi connectivity index (χ4n) is 4.25. The molecular weight excluding hydrogens is 368 g/mol. The van der Waals surface area contributed by atoms with Crippen molar-refractivity contribution < 1.29 is 16.8 Å². The van der Waals surface area contributed by atoms with E-state index in [0.29, 0.717) is 6.42 Å². The van der Waals surface area contributed by atoms with E-state index in [4.69, 9.17) is 3.63 Å². The molecule has 6 heteroatoms. The van der Waals surface area contributed by atoms with Crippen molar-refractivity contribution in [2.75, 3.05) is 6.26 Å². The lowest BCUT2D eigenvalue weighted by Gasteiger charge is -2.49. The quantitative estimate of drug-likeness (QED) is 0.708. The van der Waals surface area contributed by atoms with Gasteiger partial charge in [-0.3, -0.25) is 4.79 Å². The Kier molecular flexibility index (Phi) is 6.14. The molecule has 0 saturated heterocycles. The third kappa shape index (κ3) is 4.18. The van der Waals surface area contributed by atoms with Gasteiger partial charge in [-0.1, -0.05) is 43.4 Å². The molecule has 4 nitrogen and oxygen atoms in total. The van der Waals surface area contributed by atoms with Crippen LogP contribution in [0.4, 0.5) is 0 Å². The van der Waals surface area contributed by atoms with Crippen LogP contribution in [-0.4, -0.2) is 31.0 Å². The van der Waals surface area contributed by atoms with E-state index >= 15 is 0 Å². The number of hydrogen-bond acceptors (Lipinski definition) is 4. The van der Waals surface area contributed by atoms with Crippen LogP contribution < -0.4 is 0 Å². The Hall–Kier alpha value is -0.850. The van der Waals surface area contributed by atoms with Gasteiger partial charge in [0, 0.05) is 11.7 Å². The molecule has 2 saturated carbocycles. The lowest BCUT2D eigenvalue weighted by Crippen LogP contribution is -2.39. The summed E-state index contributed by atoms with van der Waals surface area (Å²) in [5.41, 5.74) is 1.01. The smallest absolute Gasteiger partial charge is 0.298 e. The average molecular weight is 399 g/mol. The molecule has 1 aromatic carbocycles. The molecule has 2 atom stereocenters. The maximum Gasteiger partial charge on any atom is 0.306 e. The van der Waals surface area contributed by atoms with Gasteiger partial charge in [-0.15, -0.1) is 10.3 Å². The Morgan fingerprint density at radius 2 is 1.54 bits per heavy atom. The molecule has 0 N–H and O–H groups in total. The van der Waals surface area contributed by atoms with Crippen molar-refractivity contribution in [1.29, 1.82) is 0 Å². The molecule has 26 heavy (non-hydrogen) atoms. The standard InChI is InChI=1S/C20H30O4S2/c1-16-12-14-18(15-13-16)26(22,23)24-25(2,17-8-4-3-5-9-17)20-11-7-6-10-19(20)21/h12-15,17,20H,3-11H2,1-2H3. The number of ketones is 1. The summed E-state index contributed by atoms with van der Waals surface area (Å²) in [6.45, 7) is 1.93. The Morgan fingerprint density at radius 3 is 2.15 bits per heavy atom. The summed E-state index contributed by atoms with van der Waals surface area (Å²) in [7, 11) is -5.92. The topological polar surface area (TPSA) is 60.4 Å². The number of hydrogen-bond donors (Lipinski definition) is 0. The van der Waals surface area contributed by atoms with Gasteiger partial charge in [0.15, 0.2) is 0 Å². The number of Topliss-reactive ketones (excluding diaryl/α,β-unsaturated/α-hetero) is 1. The van der Waals surface area contributed by atoms with E-state index in [1.54, 1.807) is 24.3 Å². The van der Waals surface area contributed by atoms with E-state index in [1.165, 1.54) is 6.42 Å². The van der Waals surface area contributed by atoms with Crippen molar-refractivity contribution >= 4 is 26.2 Å². The maximum atomic E-state index is 13.0. The highest BCUT2D eigenvalue weighted by atomic mass is 32.3. The second-order valence-electron chi connectivity index (χ2n) is 7.76. The molecule has 3 rings (SSSR count). The van der Waals surface area contributed by atoms with Crippen LogP contribution in [0.3, 0.4) is 0 Å². The molecule has 0 bridgehead atoms. The van der Waals surface area contributed by atoms with E-state index < -0.39 is 20.4 Å². The zero-order valence-electron chi connectivity index (χ0n) is 15.8. The Bertz CT molecular complexity index is 736. The van der Waals surface area contributed by atoms with Gasteiger partial charge in [0.1, 0.15) is 5.78 Å². The van der Waals surface area contributed by atoms with Crippen molar-refractivity contribution in [1.82, 2.24) is 0 Å². The second-order valence-corrected chi connectivity index (χ2v) is 12.9. The van der Waals surface area contributed by atoms with Crippen LogP contribution >= 0.6 is 10.3 Å². The predicted octanol–water partition coefficient (Wildman–Crippen LogP) is 4.89. The fraction of sp³-hybridized carbons (Fsp3) is 0.650. The van der Waals surface area contributed by atoms with E-state index in [1.807, 2.05) is 13.2 Å². The van der Waals surface area contributed by atoms with Crippen LogP contribution in [0.25, 0.3) is 0 Å². The van der Waals surface area contributed by atoms with E-state index in [9.17, 15) is 13.2 Å². The van der Waals surface area contributed by atoms with Gasteiger partial charge in [-0.2, -0.15) is 8.42 Å². The largest absolute Gasteiger partial charge is 0.306 e. The van der Waals surface area contributed by atoms with E-state index in [-0.39, 0.29) is 21.2 Å². The average Bonchev–Trinajstić information content (AvgIpc) is 2.62. The van der Waals surface area contributed by atoms with Crippen molar-refractivity contribution in [3.05, 3.63) is 29.8 Å². The molecule has 2 unspecified atom stereocenters. The van der Waals surface area contributed by atoms with Crippen molar-refractivity contribution in [3.63, 3.8) is 0 Å². The van der Waals surface area contributed by atoms with Crippen LogP contribution in [0.2, 0.25) is 0 Å². The Morgan fingerprint density at radius 1 is 0.923 bits per heavy atom. The van der Waals surface area contributed by atoms with Crippen LogP contribution in [0.5, 0.6) is 0 Å². The third-order valence-corrected chi connectivity index (χ3v) is 12.0. The maximum absolute atomic E-state index is 13.0. The highest BCUT2D eigenvalue weighted by Crippen LogP contribution is 2.62. The first-order valence-electron chi connectivity index (χ1n) is 9.64. The first kappa shape index (κ1) is 19.9. The molecule has 2 fully saturated rings. The summed E-state index contributed by atoms with van der Waals surface area (Å²) in [5, 5.41) is -0.0388. The minimum Gasteiger partial charge on any atom is -0.298 e. The number of aryl methyl sites for hydroxylation is 1. The normalized spacial score (nSPS) is 26.2. The zero-order valence-corrected chi connectivity index (χ0v) is 17.4. The van der Waals surface area contributed by atoms with Crippen molar-refractivity contribution in [2.24, 2.45) is 0 Å². The Labute approximate surface area is 159 Å². The van der Waals surface area contributed by atoms with E-state index in [2.05, 4.69) is 0 Å². The lowest BCUT2D eigenvalue weighted by atomic mass is 9.99. The second kappa shape index (κ2) is 8.03. The molecule has 0 radical (unpaired) electrons. The monoisotopic (exact) mass is 398 g/mol. The number of carbonyl (C=O) groups excluding carboxylic acids is 1. The van der Waals surface area contributed by atoms with Gasteiger partial charge < -0.3 is 0 Å². The summed E-state index contributed by atoms with van der Waals surface area (Å²) in [4.78, 5) is 12.9. The fourth-order valence-corrected chi connectivity index (χ4v) is 10.4. The molecular formula is C20H30O4S2. The molecule has 0 heterocycles. The van der Waals surface area contributed by atoms with Gasteiger partial charge in [0.25, 0.3) is 0 Å². The highest BCUT2D eigenvalue weighted by Gasteiger charge is 2.45. The first-order chi connectivity index (χ1) is 12.3. The molecule has 146 valence electrons. The summed E-state index contributed by atoms with van der Waals surface area (Å²) >= 11 is 0. The minimum atomic E-state index is -3.87. The molecule has 0 amide bonds. The highest BCUT2D eigenvalue weighted by molar-refractivity contribution is 8.33. The zero-order chi connectivity index (χ0) is 18.8. The molecule has 2 aliphatic carbocycles. The molecule has 0 spiro atoms. The molecule has 0 aromatic heterocycles. The lowest BCUT2D eigenvalue weighted by molar-refractivity contribution is -0.119. The molecule has 2 aliphatic rings. The van der Waals surface area contributed by atoms with Gasteiger partial charge in [-0.05, 0) is 51.0 Å². The Balaban J connectivity index is 1.94. The van der Waals surface area contributed by atoms with Gasteiger partial charge in [0.2, 0.25) is 0 Å². The third-order valence-electron chi connectivity index (χ3n) is 5.82. The SMILES string of the molecule is Cc1ccc(S(=O)(=O)OS(C)(C2CCCCC2)C2CCCCC2=O)cc1. The van der Waals surface area contributed by atoms with Crippen molar-refractivity contribution in [3.8, 4) is 0 Å². The predicted molar refractivity (Wildman–Crippen MR) is 107 cm³/mol. The van der Waals surface area contributed by atoms with Crippen LogP contribution in [0.15, 0.2) is 29.2 Å². The number of carbonyl (C=O) groups is 1. The number of benzene rings is 1. The van der Waals surface area contributed by atoms with Crippen LogP contribution in [0, 0.1) is 6.92 Å².